The van der Waals surface area contributed by atoms with Gasteiger partial charge in [-0.15, -0.1) is 0 Å². The third-order valence-electron chi connectivity index (χ3n) is 2.94. The number of benzene rings is 2. The molecule has 2 aromatic carbocycles. The Bertz CT molecular complexity index is 613. The van der Waals surface area contributed by atoms with Gasteiger partial charge >= 0.3 is 0 Å². The molecule has 2 aromatic rings. The zero-order valence-corrected chi connectivity index (χ0v) is 12.2. The highest BCUT2D eigenvalue weighted by Crippen LogP contribution is 2.30. The fourth-order valence-electron chi connectivity index (χ4n) is 1.90. The molecule has 1 unspecified atom stereocenters. The number of hydrogen-bond acceptors (Lipinski definition) is 2. The molecule has 0 aliphatic heterocycles. The van der Waals surface area contributed by atoms with E-state index in [0.29, 0.717) is 28.5 Å². The Balaban J connectivity index is 2.31. The maximum absolute atomic E-state index is 13.5. The fourth-order valence-corrected chi connectivity index (χ4v) is 2.07. The molecule has 0 spiro atoms. The van der Waals surface area contributed by atoms with Gasteiger partial charge in [-0.3, -0.25) is 0 Å². The summed E-state index contributed by atoms with van der Waals surface area (Å²) in [5.41, 5.74) is 7.35. The van der Waals surface area contributed by atoms with Gasteiger partial charge in [0.15, 0.2) is 0 Å². The molecule has 0 aliphatic rings. The van der Waals surface area contributed by atoms with Gasteiger partial charge in [-0.05, 0) is 49.6 Å². The van der Waals surface area contributed by atoms with E-state index in [1.807, 2.05) is 13.0 Å². The van der Waals surface area contributed by atoms with E-state index in [1.54, 1.807) is 31.2 Å². The lowest BCUT2D eigenvalue weighted by atomic mass is 10.1. The van der Waals surface area contributed by atoms with Crippen LogP contribution in [0.1, 0.15) is 18.1 Å². The number of aryl methyl sites for hydroxylation is 1. The van der Waals surface area contributed by atoms with E-state index in [2.05, 4.69) is 0 Å². The largest absolute Gasteiger partial charge is 0.457 e. The minimum absolute atomic E-state index is 0.00767. The lowest BCUT2D eigenvalue weighted by Gasteiger charge is -2.13. The van der Waals surface area contributed by atoms with Crippen molar-refractivity contribution in [3.8, 4) is 11.5 Å². The van der Waals surface area contributed by atoms with Crippen LogP contribution in [0.25, 0.3) is 0 Å². The molecule has 0 radical (unpaired) electrons. The van der Waals surface area contributed by atoms with E-state index < -0.39 is 0 Å². The molecule has 106 valence electrons. The Hall–Kier alpha value is -1.58. The van der Waals surface area contributed by atoms with Crippen LogP contribution in [-0.4, -0.2) is 6.04 Å². The van der Waals surface area contributed by atoms with Crippen molar-refractivity contribution in [3.05, 3.63) is 58.4 Å². The second-order valence-corrected chi connectivity index (χ2v) is 5.38. The van der Waals surface area contributed by atoms with Crippen LogP contribution in [0.5, 0.6) is 11.5 Å². The lowest BCUT2D eigenvalue weighted by Crippen LogP contribution is -2.18. The van der Waals surface area contributed by atoms with Crippen LogP contribution in [0.2, 0.25) is 5.02 Å². The highest BCUT2D eigenvalue weighted by molar-refractivity contribution is 6.30. The molecule has 0 bridgehead atoms. The molecular weight excluding hydrogens is 277 g/mol. The Morgan fingerprint density at radius 1 is 1.25 bits per heavy atom. The molecule has 2 nitrogen and oxygen atoms in total. The monoisotopic (exact) mass is 293 g/mol. The topological polar surface area (TPSA) is 35.2 Å². The van der Waals surface area contributed by atoms with Crippen molar-refractivity contribution in [3.63, 3.8) is 0 Å². The van der Waals surface area contributed by atoms with Gasteiger partial charge in [-0.25, -0.2) is 4.39 Å². The first-order valence-corrected chi connectivity index (χ1v) is 6.81. The van der Waals surface area contributed by atoms with Crippen LogP contribution in [0.3, 0.4) is 0 Å². The summed E-state index contributed by atoms with van der Waals surface area (Å²) in [4.78, 5) is 0. The molecule has 20 heavy (non-hydrogen) atoms. The maximum atomic E-state index is 13.5. The third-order valence-corrected chi connectivity index (χ3v) is 3.18. The minimum atomic E-state index is -0.293. The van der Waals surface area contributed by atoms with Crippen LogP contribution < -0.4 is 10.5 Å². The zero-order valence-electron chi connectivity index (χ0n) is 11.5. The Morgan fingerprint density at radius 3 is 2.65 bits per heavy atom. The van der Waals surface area contributed by atoms with Crippen LogP contribution in [0, 0.1) is 12.7 Å². The van der Waals surface area contributed by atoms with Gasteiger partial charge in [0.2, 0.25) is 0 Å². The van der Waals surface area contributed by atoms with Gasteiger partial charge in [0.25, 0.3) is 0 Å². The molecular formula is C16H17ClFNO. The fraction of sp³-hybridized carbons (Fsp3) is 0.250. The van der Waals surface area contributed by atoms with Crippen molar-refractivity contribution in [2.75, 3.05) is 0 Å². The van der Waals surface area contributed by atoms with Gasteiger partial charge in [0, 0.05) is 17.1 Å². The molecule has 0 saturated heterocycles. The van der Waals surface area contributed by atoms with Gasteiger partial charge < -0.3 is 10.5 Å². The van der Waals surface area contributed by atoms with Crippen molar-refractivity contribution in [1.29, 1.82) is 0 Å². The summed E-state index contributed by atoms with van der Waals surface area (Å²) in [6.07, 6.45) is 0.668. The molecule has 0 saturated carbocycles. The number of halogens is 2. The summed E-state index contributed by atoms with van der Waals surface area (Å²) in [6.45, 7) is 3.63. The van der Waals surface area contributed by atoms with Crippen LogP contribution in [0.4, 0.5) is 4.39 Å². The normalized spacial score (nSPS) is 12.2. The third kappa shape index (κ3) is 3.71. The molecule has 4 heteroatoms. The van der Waals surface area contributed by atoms with Gasteiger partial charge in [-0.2, -0.15) is 0 Å². The van der Waals surface area contributed by atoms with Crippen LogP contribution in [0.15, 0.2) is 36.4 Å². The zero-order chi connectivity index (χ0) is 14.7. The number of ether oxygens (including phenoxy) is 1. The lowest BCUT2D eigenvalue weighted by molar-refractivity contribution is 0.468. The van der Waals surface area contributed by atoms with E-state index in [4.69, 9.17) is 22.1 Å². The molecule has 2 N–H and O–H groups in total. The highest BCUT2D eigenvalue weighted by atomic mass is 35.5. The first-order valence-electron chi connectivity index (χ1n) is 6.43. The molecule has 0 fully saturated rings. The smallest absolute Gasteiger partial charge is 0.132 e. The van der Waals surface area contributed by atoms with Crippen molar-refractivity contribution < 1.29 is 9.13 Å². The first-order chi connectivity index (χ1) is 9.45. The number of rotatable bonds is 4. The van der Waals surface area contributed by atoms with Gasteiger partial charge in [0.05, 0.1) is 0 Å². The van der Waals surface area contributed by atoms with Crippen molar-refractivity contribution in [2.45, 2.75) is 26.3 Å². The Morgan fingerprint density at radius 2 is 2.00 bits per heavy atom. The number of hydrogen-bond donors (Lipinski definition) is 1. The summed E-state index contributed by atoms with van der Waals surface area (Å²) >= 11 is 5.99. The molecule has 1 atom stereocenters. The predicted octanol–water partition coefficient (Wildman–Crippen LogP) is 4.47. The second kappa shape index (κ2) is 6.25. The van der Waals surface area contributed by atoms with E-state index in [-0.39, 0.29) is 11.9 Å². The Kier molecular flexibility index (Phi) is 4.63. The van der Waals surface area contributed by atoms with Gasteiger partial charge in [0.1, 0.15) is 17.3 Å². The summed E-state index contributed by atoms with van der Waals surface area (Å²) < 4.78 is 19.3. The van der Waals surface area contributed by atoms with E-state index in [1.165, 1.54) is 6.07 Å². The SMILES string of the molecule is Cc1ccc(Oc2cc(Cl)ccc2CC(C)N)cc1F. The standard InChI is InChI=1S/C16H17ClFNO/c1-10-3-6-14(9-15(10)18)20-16-8-13(17)5-4-12(16)7-11(2)19/h3-6,8-9,11H,7,19H2,1-2H3. The highest BCUT2D eigenvalue weighted by Gasteiger charge is 2.09. The van der Waals surface area contributed by atoms with Crippen LogP contribution >= 0.6 is 11.6 Å². The van der Waals surface area contributed by atoms with E-state index >= 15 is 0 Å². The molecule has 0 aliphatic carbocycles. The molecule has 0 amide bonds. The van der Waals surface area contributed by atoms with Crippen LogP contribution in [-0.2, 0) is 6.42 Å². The molecule has 0 heterocycles. The van der Waals surface area contributed by atoms with E-state index in [0.717, 1.165) is 5.56 Å². The first kappa shape index (κ1) is 14.8. The summed E-state index contributed by atoms with van der Waals surface area (Å²) in [5, 5.41) is 0.570. The average molecular weight is 294 g/mol. The Labute approximate surface area is 123 Å². The van der Waals surface area contributed by atoms with E-state index in [9.17, 15) is 4.39 Å². The van der Waals surface area contributed by atoms with Crippen molar-refractivity contribution in [2.24, 2.45) is 5.73 Å². The summed E-state index contributed by atoms with van der Waals surface area (Å²) in [7, 11) is 0. The van der Waals surface area contributed by atoms with Gasteiger partial charge in [-0.1, -0.05) is 23.7 Å². The minimum Gasteiger partial charge on any atom is -0.457 e. The number of nitrogens with two attached hydrogens (primary N) is 1. The maximum Gasteiger partial charge on any atom is 0.132 e. The molecule has 0 aromatic heterocycles. The quantitative estimate of drug-likeness (QED) is 0.902. The second-order valence-electron chi connectivity index (χ2n) is 4.95. The van der Waals surface area contributed by atoms with Crippen molar-refractivity contribution >= 4 is 11.6 Å². The summed E-state index contributed by atoms with van der Waals surface area (Å²) in [6, 6.07) is 10.2. The predicted molar refractivity (Wildman–Crippen MR) is 80.0 cm³/mol. The average Bonchev–Trinajstić information content (AvgIpc) is 2.37. The molecule has 2 rings (SSSR count). The summed E-state index contributed by atoms with van der Waals surface area (Å²) in [5.74, 6) is 0.762. The van der Waals surface area contributed by atoms with Crippen molar-refractivity contribution in [1.82, 2.24) is 0 Å².